The molecule has 12 rings (SSSR count). The van der Waals surface area contributed by atoms with E-state index in [0.29, 0.717) is 0 Å². The van der Waals surface area contributed by atoms with E-state index in [-0.39, 0.29) is 5.41 Å². The zero-order chi connectivity index (χ0) is 40.0. The molecule has 8 aromatic carbocycles. The lowest BCUT2D eigenvalue weighted by atomic mass is 9.67. The van der Waals surface area contributed by atoms with Crippen LogP contribution in [-0.4, -0.2) is 0 Å². The van der Waals surface area contributed by atoms with Crippen LogP contribution in [0.15, 0.2) is 199 Å². The fraction of sp³-hybridized carbons (Fsp3) is 0.103. The molecule has 2 nitrogen and oxygen atoms in total. The quantitative estimate of drug-likeness (QED) is 0.167. The van der Waals surface area contributed by atoms with Gasteiger partial charge in [0.2, 0.25) is 0 Å². The summed E-state index contributed by atoms with van der Waals surface area (Å²) in [5, 5.41) is 1.20. The Hall–Kier alpha value is -7.16. The van der Waals surface area contributed by atoms with Crippen LogP contribution in [0.2, 0.25) is 0 Å². The average molecular weight is 770 g/mol. The number of anilines is 3. The molecule has 0 saturated heterocycles. The first kappa shape index (κ1) is 34.8. The summed E-state index contributed by atoms with van der Waals surface area (Å²) in [7, 11) is 0. The molecule has 3 aliphatic rings. The van der Waals surface area contributed by atoms with Gasteiger partial charge in [0.1, 0.15) is 11.3 Å². The predicted molar refractivity (Wildman–Crippen MR) is 249 cm³/mol. The van der Waals surface area contributed by atoms with Gasteiger partial charge in [-0.15, -0.1) is 0 Å². The molecule has 0 saturated carbocycles. The van der Waals surface area contributed by atoms with E-state index in [1.54, 1.807) is 0 Å². The number of fused-ring (bicyclic) bond motifs is 9. The Morgan fingerprint density at radius 1 is 0.483 bits per heavy atom. The highest BCUT2D eigenvalue weighted by molar-refractivity contribution is 5.94. The van der Waals surface area contributed by atoms with Gasteiger partial charge >= 0.3 is 0 Å². The van der Waals surface area contributed by atoms with E-state index in [4.69, 9.17) is 4.42 Å². The highest BCUT2D eigenvalue weighted by Crippen LogP contribution is 2.58. The first-order chi connectivity index (χ1) is 29.5. The summed E-state index contributed by atoms with van der Waals surface area (Å²) in [5.74, 6) is 0.982. The monoisotopic (exact) mass is 769 g/mol. The lowest BCUT2D eigenvalue weighted by Crippen LogP contribution is -2.28. The molecule has 0 N–H and O–H groups in total. The second-order valence-corrected chi connectivity index (χ2v) is 17.1. The summed E-state index contributed by atoms with van der Waals surface area (Å²) in [6, 6.07) is 69.9. The molecule has 0 atom stereocenters. The standard InChI is InChI=1S/C58H43NO/c1-57(2)51-25-12-9-21-46(51)50-24-15-23-44(56(50)57)38-28-30-41(31-29-38)59(43-33-35-49-48-22-11-14-27-54(48)60-55(49)37-43)42-32-34-47-45-20-10-13-26-52(45)58(53(47)36-42,39-16-5-3-6-17-39)40-18-7-4-8-19-40/h3-10,12-21,23-37H,11,22H2,1-2H3. The van der Waals surface area contributed by atoms with Crippen molar-refractivity contribution in [3.63, 3.8) is 0 Å². The molecule has 0 fully saturated rings. The smallest absolute Gasteiger partial charge is 0.137 e. The first-order valence-electron chi connectivity index (χ1n) is 21.2. The van der Waals surface area contributed by atoms with Gasteiger partial charge in [-0.1, -0.05) is 166 Å². The predicted octanol–water partition coefficient (Wildman–Crippen LogP) is 15.2. The van der Waals surface area contributed by atoms with Gasteiger partial charge in [0.15, 0.2) is 0 Å². The van der Waals surface area contributed by atoms with E-state index < -0.39 is 5.41 Å². The maximum absolute atomic E-state index is 6.57. The molecule has 1 heterocycles. The van der Waals surface area contributed by atoms with Crippen LogP contribution in [-0.2, 0) is 17.3 Å². The van der Waals surface area contributed by atoms with Crippen molar-refractivity contribution in [2.24, 2.45) is 0 Å². The van der Waals surface area contributed by atoms with Crippen LogP contribution in [0.5, 0.6) is 0 Å². The Kier molecular flexibility index (Phi) is 7.65. The van der Waals surface area contributed by atoms with Crippen molar-refractivity contribution in [3.8, 4) is 33.4 Å². The third-order valence-corrected chi connectivity index (χ3v) is 13.6. The Bertz CT molecular complexity index is 3130. The van der Waals surface area contributed by atoms with Crippen LogP contribution < -0.4 is 4.90 Å². The highest BCUT2D eigenvalue weighted by Gasteiger charge is 2.46. The van der Waals surface area contributed by atoms with Crippen molar-refractivity contribution < 1.29 is 4.42 Å². The number of aryl methyl sites for hydroxylation is 1. The molecule has 286 valence electrons. The van der Waals surface area contributed by atoms with Gasteiger partial charge < -0.3 is 9.32 Å². The molecule has 60 heavy (non-hydrogen) atoms. The van der Waals surface area contributed by atoms with Crippen molar-refractivity contribution in [2.75, 3.05) is 4.90 Å². The van der Waals surface area contributed by atoms with E-state index in [0.717, 1.165) is 41.2 Å². The van der Waals surface area contributed by atoms with Gasteiger partial charge in [0, 0.05) is 39.5 Å². The van der Waals surface area contributed by atoms with E-state index in [2.05, 4.69) is 219 Å². The second-order valence-electron chi connectivity index (χ2n) is 17.1. The average Bonchev–Trinajstić information content (AvgIpc) is 3.91. The topological polar surface area (TPSA) is 16.4 Å². The van der Waals surface area contributed by atoms with Gasteiger partial charge in [0.25, 0.3) is 0 Å². The molecule has 0 radical (unpaired) electrons. The van der Waals surface area contributed by atoms with E-state index >= 15 is 0 Å². The third-order valence-electron chi connectivity index (χ3n) is 13.6. The maximum Gasteiger partial charge on any atom is 0.137 e. The summed E-state index contributed by atoms with van der Waals surface area (Å²) < 4.78 is 6.57. The fourth-order valence-corrected chi connectivity index (χ4v) is 11.0. The highest BCUT2D eigenvalue weighted by atomic mass is 16.3. The van der Waals surface area contributed by atoms with Crippen molar-refractivity contribution >= 4 is 34.1 Å². The molecule has 9 aromatic rings. The van der Waals surface area contributed by atoms with Crippen LogP contribution in [0, 0.1) is 0 Å². The van der Waals surface area contributed by atoms with Gasteiger partial charge in [-0.2, -0.15) is 0 Å². The number of benzene rings is 8. The molecule has 0 unspecified atom stereocenters. The number of hydrogen-bond donors (Lipinski definition) is 0. The van der Waals surface area contributed by atoms with Crippen LogP contribution in [0.1, 0.15) is 65.0 Å². The molecule has 1 aromatic heterocycles. The van der Waals surface area contributed by atoms with Crippen molar-refractivity contribution in [1.82, 2.24) is 0 Å². The number of nitrogens with zero attached hydrogens (tertiary/aromatic N) is 1. The number of hydrogen-bond acceptors (Lipinski definition) is 2. The van der Waals surface area contributed by atoms with Crippen LogP contribution in [0.3, 0.4) is 0 Å². The van der Waals surface area contributed by atoms with Crippen molar-refractivity contribution in [1.29, 1.82) is 0 Å². The SMILES string of the molecule is CC1(C)c2ccccc2-c2cccc(-c3ccc(N(c4ccc5c(c4)C(c4ccccc4)(c4ccccc4)c4ccccc4-5)c4ccc5c6c(oc5c4)C=CCC6)cc3)c21. The maximum atomic E-state index is 6.57. The summed E-state index contributed by atoms with van der Waals surface area (Å²) in [4.78, 5) is 2.42. The van der Waals surface area contributed by atoms with E-state index in [1.165, 1.54) is 77.7 Å². The number of allylic oxidation sites excluding steroid dienone is 1. The molecular weight excluding hydrogens is 727 g/mol. The Morgan fingerprint density at radius 3 is 1.82 bits per heavy atom. The van der Waals surface area contributed by atoms with E-state index in [9.17, 15) is 0 Å². The summed E-state index contributed by atoms with van der Waals surface area (Å²) in [6.45, 7) is 4.74. The first-order valence-corrected chi connectivity index (χ1v) is 21.2. The van der Waals surface area contributed by atoms with Crippen LogP contribution in [0.25, 0.3) is 50.4 Å². The van der Waals surface area contributed by atoms with Gasteiger partial charge in [-0.05, 0) is 122 Å². The summed E-state index contributed by atoms with van der Waals surface area (Å²) >= 11 is 0. The lowest BCUT2D eigenvalue weighted by Gasteiger charge is -2.35. The largest absolute Gasteiger partial charge is 0.456 e. The molecule has 2 heteroatoms. The Balaban J connectivity index is 1.06. The van der Waals surface area contributed by atoms with Gasteiger partial charge in [-0.25, -0.2) is 0 Å². The second kappa shape index (κ2) is 13.2. The molecule has 0 amide bonds. The molecular formula is C58H43NO. The number of furan rings is 1. The summed E-state index contributed by atoms with van der Waals surface area (Å²) in [5.41, 5.74) is 20.5. The summed E-state index contributed by atoms with van der Waals surface area (Å²) in [6.07, 6.45) is 6.40. The molecule has 0 aliphatic heterocycles. The van der Waals surface area contributed by atoms with Gasteiger partial charge in [0.05, 0.1) is 5.41 Å². The normalized spacial score (nSPS) is 14.9. The molecule has 0 spiro atoms. The van der Waals surface area contributed by atoms with Crippen LogP contribution >= 0.6 is 0 Å². The van der Waals surface area contributed by atoms with Crippen molar-refractivity contribution in [3.05, 3.63) is 239 Å². The minimum absolute atomic E-state index is 0.105. The zero-order valence-electron chi connectivity index (χ0n) is 33.8. The van der Waals surface area contributed by atoms with Crippen molar-refractivity contribution in [2.45, 2.75) is 37.5 Å². The van der Waals surface area contributed by atoms with Crippen LogP contribution in [0.4, 0.5) is 17.1 Å². The third kappa shape index (κ3) is 4.94. The minimum atomic E-state index is -0.506. The van der Waals surface area contributed by atoms with Gasteiger partial charge in [-0.3, -0.25) is 0 Å². The molecule has 0 bridgehead atoms. The Morgan fingerprint density at radius 2 is 1.07 bits per heavy atom. The Labute approximate surface area is 351 Å². The number of rotatable bonds is 6. The fourth-order valence-electron chi connectivity index (χ4n) is 11.0. The minimum Gasteiger partial charge on any atom is -0.456 e. The lowest BCUT2D eigenvalue weighted by molar-refractivity contribution is 0.595. The molecule has 3 aliphatic carbocycles. The van der Waals surface area contributed by atoms with E-state index in [1.807, 2.05) is 0 Å². The zero-order valence-corrected chi connectivity index (χ0v) is 33.8.